The fourth-order valence-electron chi connectivity index (χ4n) is 2.36. The van der Waals surface area contributed by atoms with Crippen molar-refractivity contribution in [3.05, 3.63) is 66.4 Å². The van der Waals surface area contributed by atoms with E-state index < -0.39 is 0 Å². The lowest BCUT2D eigenvalue weighted by atomic mass is 10.1. The van der Waals surface area contributed by atoms with Gasteiger partial charge in [0.2, 0.25) is 0 Å². The van der Waals surface area contributed by atoms with E-state index in [9.17, 15) is 0 Å². The first-order valence-electron chi connectivity index (χ1n) is 6.75. The number of fused-ring (bicyclic) bond motifs is 1. The fraction of sp³-hybridized carbons (Fsp3) is 0.118. The van der Waals surface area contributed by atoms with Crippen LogP contribution >= 0.6 is 0 Å². The molecule has 0 fully saturated rings. The molecule has 3 heteroatoms. The number of pyridine rings is 1. The van der Waals surface area contributed by atoms with Crippen LogP contribution in [0.3, 0.4) is 0 Å². The molecule has 0 radical (unpaired) electrons. The van der Waals surface area contributed by atoms with Crippen molar-refractivity contribution < 1.29 is 0 Å². The fourth-order valence-corrected chi connectivity index (χ4v) is 2.36. The molecule has 1 aromatic heterocycles. The van der Waals surface area contributed by atoms with Gasteiger partial charge in [0, 0.05) is 23.8 Å². The number of anilines is 2. The molecule has 0 aliphatic heterocycles. The summed E-state index contributed by atoms with van der Waals surface area (Å²) in [6, 6.07) is 18.3. The Labute approximate surface area is 118 Å². The third-order valence-corrected chi connectivity index (χ3v) is 3.37. The highest BCUT2D eigenvalue weighted by atomic mass is 15.0. The molecule has 0 spiro atoms. The molecule has 3 N–H and O–H groups in total. The minimum Gasteiger partial charge on any atom is -0.398 e. The van der Waals surface area contributed by atoms with Crippen LogP contribution in [0.15, 0.2) is 60.8 Å². The molecule has 20 heavy (non-hydrogen) atoms. The molecule has 0 aliphatic carbocycles. The van der Waals surface area contributed by atoms with E-state index in [-0.39, 0.29) is 0 Å². The SMILES string of the molecule is Nc1cccc2ccnc(NCCc3ccccc3)c12. The Hall–Kier alpha value is -2.55. The molecule has 3 aromatic rings. The van der Waals surface area contributed by atoms with Gasteiger partial charge in [-0.3, -0.25) is 0 Å². The second-order valence-corrected chi connectivity index (χ2v) is 4.77. The molecule has 3 nitrogen and oxygen atoms in total. The zero-order valence-electron chi connectivity index (χ0n) is 11.2. The zero-order valence-corrected chi connectivity index (χ0v) is 11.2. The smallest absolute Gasteiger partial charge is 0.135 e. The molecule has 0 saturated carbocycles. The van der Waals surface area contributed by atoms with Crippen molar-refractivity contribution in [2.45, 2.75) is 6.42 Å². The zero-order chi connectivity index (χ0) is 13.8. The van der Waals surface area contributed by atoms with Crippen LogP contribution in [0.2, 0.25) is 0 Å². The molecule has 0 saturated heterocycles. The molecule has 2 aromatic carbocycles. The maximum Gasteiger partial charge on any atom is 0.135 e. The van der Waals surface area contributed by atoms with Gasteiger partial charge in [-0.1, -0.05) is 42.5 Å². The van der Waals surface area contributed by atoms with E-state index in [0.717, 1.165) is 35.2 Å². The number of benzene rings is 2. The number of aromatic nitrogens is 1. The van der Waals surface area contributed by atoms with Gasteiger partial charge in [0.1, 0.15) is 5.82 Å². The van der Waals surface area contributed by atoms with E-state index in [2.05, 4.69) is 40.6 Å². The minimum absolute atomic E-state index is 0.762. The Balaban J connectivity index is 1.78. The number of nitrogens with zero attached hydrogens (tertiary/aromatic N) is 1. The largest absolute Gasteiger partial charge is 0.398 e. The van der Waals surface area contributed by atoms with Gasteiger partial charge in [-0.05, 0) is 29.5 Å². The molecule has 0 amide bonds. The van der Waals surface area contributed by atoms with Gasteiger partial charge >= 0.3 is 0 Å². The van der Waals surface area contributed by atoms with Crippen LogP contribution in [0.25, 0.3) is 10.8 Å². The highest BCUT2D eigenvalue weighted by Crippen LogP contribution is 2.26. The average molecular weight is 263 g/mol. The predicted octanol–water partition coefficient (Wildman–Crippen LogP) is 3.47. The third kappa shape index (κ3) is 2.57. The predicted molar refractivity (Wildman–Crippen MR) is 84.8 cm³/mol. The molecule has 0 bridgehead atoms. The van der Waals surface area contributed by atoms with E-state index in [1.54, 1.807) is 0 Å². The van der Waals surface area contributed by atoms with Crippen LogP contribution in [0.4, 0.5) is 11.5 Å². The van der Waals surface area contributed by atoms with Crippen LogP contribution in [0, 0.1) is 0 Å². The van der Waals surface area contributed by atoms with Gasteiger partial charge < -0.3 is 11.1 Å². The summed E-state index contributed by atoms with van der Waals surface area (Å²) >= 11 is 0. The van der Waals surface area contributed by atoms with Gasteiger partial charge in [0.05, 0.1) is 0 Å². The second kappa shape index (κ2) is 5.61. The summed E-state index contributed by atoms with van der Waals surface area (Å²) < 4.78 is 0. The number of hydrogen-bond acceptors (Lipinski definition) is 3. The van der Waals surface area contributed by atoms with Crippen molar-refractivity contribution in [1.82, 2.24) is 4.98 Å². The van der Waals surface area contributed by atoms with Crippen molar-refractivity contribution in [3.8, 4) is 0 Å². The molecule has 100 valence electrons. The number of hydrogen-bond donors (Lipinski definition) is 2. The summed E-state index contributed by atoms with van der Waals surface area (Å²) in [5.41, 5.74) is 8.13. The molecular formula is C17H17N3. The van der Waals surface area contributed by atoms with Gasteiger partial charge in [-0.15, -0.1) is 0 Å². The lowest BCUT2D eigenvalue weighted by Gasteiger charge is -2.10. The van der Waals surface area contributed by atoms with E-state index in [1.165, 1.54) is 5.56 Å². The van der Waals surface area contributed by atoms with Gasteiger partial charge in [-0.2, -0.15) is 0 Å². The van der Waals surface area contributed by atoms with Gasteiger partial charge in [-0.25, -0.2) is 4.98 Å². The number of nitrogens with two attached hydrogens (primary N) is 1. The Bertz CT molecular complexity index is 703. The minimum atomic E-state index is 0.762. The molecule has 0 atom stereocenters. The first kappa shape index (κ1) is 12.5. The molecule has 1 heterocycles. The molecule has 3 rings (SSSR count). The van der Waals surface area contributed by atoms with Gasteiger partial charge in [0.15, 0.2) is 0 Å². The van der Waals surface area contributed by atoms with Crippen LogP contribution < -0.4 is 11.1 Å². The van der Waals surface area contributed by atoms with Gasteiger partial charge in [0.25, 0.3) is 0 Å². The van der Waals surface area contributed by atoms with Crippen molar-refractivity contribution in [3.63, 3.8) is 0 Å². The average Bonchev–Trinajstić information content (AvgIpc) is 2.49. The summed E-state index contributed by atoms with van der Waals surface area (Å²) in [7, 11) is 0. The van der Waals surface area contributed by atoms with Crippen molar-refractivity contribution >= 4 is 22.3 Å². The van der Waals surface area contributed by atoms with Crippen LogP contribution in [-0.2, 0) is 6.42 Å². The monoisotopic (exact) mass is 263 g/mol. The van der Waals surface area contributed by atoms with Crippen LogP contribution in [0.5, 0.6) is 0 Å². The first-order valence-corrected chi connectivity index (χ1v) is 6.75. The summed E-state index contributed by atoms with van der Waals surface area (Å²) in [5.74, 6) is 0.858. The van der Waals surface area contributed by atoms with Crippen molar-refractivity contribution in [2.24, 2.45) is 0 Å². The first-order chi connectivity index (χ1) is 9.84. The summed E-state index contributed by atoms with van der Waals surface area (Å²) in [4.78, 5) is 4.41. The number of nitrogen functional groups attached to an aromatic ring is 1. The van der Waals surface area contributed by atoms with Crippen LogP contribution in [0.1, 0.15) is 5.56 Å². The lowest BCUT2D eigenvalue weighted by Crippen LogP contribution is -2.07. The highest BCUT2D eigenvalue weighted by Gasteiger charge is 2.04. The Morgan fingerprint density at radius 3 is 2.65 bits per heavy atom. The maximum atomic E-state index is 6.06. The van der Waals surface area contributed by atoms with E-state index >= 15 is 0 Å². The molecular weight excluding hydrogens is 246 g/mol. The van der Waals surface area contributed by atoms with E-state index in [0.29, 0.717) is 0 Å². The molecule has 0 unspecified atom stereocenters. The standard InChI is InChI=1S/C17H17N3/c18-15-8-4-7-14-10-12-20-17(16(14)15)19-11-9-13-5-2-1-3-6-13/h1-8,10,12H,9,11,18H2,(H,19,20). The van der Waals surface area contributed by atoms with E-state index in [4.69, 9.17) is 5.73 Å². The Morgan fingerprint density at radius 1 is 0.950 bits per heavy atom. The highest BCUT2D eigenvalue weighted by molar-refractivity contribution is 6.00. The summed E-state index contributed by atoms with van der Waals surface area (Å²) in [6.45, 7) is 0.838. The second-order valence-electron chi connectivity index (χ2n) is 4.77. The normalized spacial score (nSPS) is 10.6. The van der Waals surface area contributed by atoms with Crippen molar-refractivity contribution in [2.75, 3.05) is 17.6 Å². The summed E-state index contributed by atoms with van der Waals surface area (Å²) in [6.07, 6.45) is 2.78. The summed E-state index contributed by atoms with van der Waals surface area (Å²) in [5, 5.41) is 5.50. The van der Waals surface area contributed by atoms with Crippen molar-refractivity contribution in [1.29, 1.82) is 0 Å². The number of rotatable bonds is 4. The van der Waals surface area contributed by atoms with E-state index in [1.807, 2.05) is 30.5 Å². The topological polar surface area (TPSA) is 50.9 Å². The van der Waals surface area contributed by atoms with Crippen LogP contribution in [-0.4, -0.2) is 11.5 Å². The maximum absolute atomic E-state index is 6.06. The Morgan fingerprint density at radius 2 is 1.80 bits per heavy atom. The lowest BCUT2D eigenvalue weighted by molar-refractivity contribution is 1.01. The quantitative estimate of drug-likeness (QED) is 0.709. The molecule has 0 aliphatic rings. The third-order valence-electron chi connectivity index (χ3n) is 3.37. The number of nitrogens with one attached hydrogen (secondary N) is 1. The Kier molecular flexibility index (Phi) is 3.50.